The molecule has 2 atom stereocenters. The van der Waals surface area contributed by atoms with E-state index in [1.54, 1.807) is 0 Å². The van der Waals surface area contributed by atoms with Crippen LogP contribution in [0.4, 0.5) is 5.95 Å². The van der Waals surface area contributed by atoms with Gasteiger partial charge in [-0.3, -0.25) is 9.89 Å². The molecule has 0 saturated heterocycles. The molecule has 0 spiro atoms. The third kappa shape index (κ3) is 1.93. The Morgan fingerprint density at radius 3 is 2.80 bits per heavy atom. The predicted molar refractivity (Wildman–Crippen MR) is 53.1 cm³/mol. The molecule has 0 bridgehead atoms. The van der Waals surface area contributed by atoms with Crippen LogP contribution in [0.3, 0.4) is 0 Å². The van der Waals surface area contributed by atoms with Crippen LogP contribution in [-0.2, 0) is 4.79 Å². The molecular formula is C9H14N4O2. The Kier molecular flexibility index (Phi) is 2.57. The van der Waals surface area contributed by atoms with E-state index in [1.807, 2.05) is 0 Å². The van der Waals surface area contributed by atoms with E-state index in [0.717, 1.165) is 19.3 Å². The lowest BCUT2D eigenvalue weighted by molar-refractivity contribution is -0.143. The fourth-order valence-electron chi connectivity index (χ4n) is 2.21. The van der Waals surface area contributed by atoms with Crippen molar-refractivity contribution in [1.82, 2.24) is 15.2 Å². The number of hydrogen-bond donors (Lipinski definition) is 3. The van der Waals surface area contributed by atoms with Crippen molar-refractivity contribution in [3.8, 4) is 0 Å². The first-order valence-electron chi connectivity index (χ1n) is 5.09. The summed E-state index contributed by atoms with van der Waals surface area (Å²) in [4.78, 5) is 15.1. The third-order valence-electron chi connectivity index (χ3n) is 2.95. The first-order valence-corrected chi connectivity index (χ1v) is 5.09. The number of H-pyrrole nitrogens is 1. The molecule has 2 rings (SSSR count). The second kappa shape index (κ2) is 3.88. The van der Waals surface area contributed by atoms with Gasteiger partial charge in [0.1, 0.15) is 5.82 Å². The lowest BCUT2D eigenvalue weighted by Gasteiger charge is -2.26. The van der Waals surface area contributed by atoms with E-state index >= 15 is 0 Å². The van der Waals surface area contributed by atoms with E-state index in [9.17, 15) is 4.79 Å². The maximum Gasteiger partial charge on any atom is 0.307 e. The summed E-state index contributed by atoms with van der Waals surface area (Å²) in [6.45, 7) is 0. The Balaban J connectivity index is 2.21. The number of aliphatic carboxylic acids is 1. The van der Waals surface area contributed by atoms with Gasteiger partial charge in [-0.25, -0.2) is 0 Å². The van der Waals surface area contributed by atoms with Gasteiger partial charge >= 0.3 is 5.97 Å². The number of nitrogens with two attached hydrogens (primary N) is 1. The molecule has 0 aliphatic heterocycles. The SMILES string of the molecule is Nc1n[nH]c([C@@H]2CCCC[C@@H]2C(=O)O)n1. The fourth-order valence-corrected chi connectivity index (χ4v) is 2.21. The lowest BCUT2D eigenvalue weighted by Crippen LogP contribution is -2.26. The summed E-state index contributed by atoms with van der Waals surface area (Å²) in [6.07, 6.45) is 3.55. The molecule has 1 aromatic heterocycles. The second-order valence-corrected chi connectivity index (χ2v) is 3.91. The Morgan fingerprint density at radius 1 is 1.47 bits per heavy atom. The minimum absolute atomic E-state index is 0.0685. The molecule has 82 valence electrons. The molecule has 1 aliphatic carbocycles. The minimum atomic E-state index is -0.755. The molecule has 1 saturated carbocycles. The number of hydrogen-bond acceptors (Lipinski definition) is 4. The van der Waals surface area contributed by atoms with Crippen molar-refractivity contribution >= 4 is 11.9 Å². The monoisotopic (exact) mass is 210 g/mol. The molecule has 0 aromatic carbocycles. The zero-order valence-corrected chi connectivity index (χ0v) is 8.31. The van der Waals surface area contributed by atoms with Crippen molar-refractivity contribution in [2.75, 3.05) is 5.73 Å². The zero-order valence-electron chi connectivity index (χ0n) is 8.31. The van der Waals surface area contributed by atoms with Crippen molar-refractivity contribution < 1.29 is 9.90 Å². The van der Waals surface area contributed by atoms with Crippen LogP contribution in [0.2, 0.25) is 0 Å². The summed E-state index contributed by atoms with van der Waals surface area (Å²) in [5.41, 5.74) is 5.41. The molecule has 1 fully saturated rings. The van der Waals surface area contributed by atoms with Crippen LogP contribution in [0.15, 0.2) is 0 Å². The van der Waals surface area contributed by atoms with Gasteiger partial charge in [-0.15, -0.1) is 5.10 Å². The van der Waals surface area contributed by atoms with Gasteiger partial charge < -0.3 is 10.8 Å². The third-order valence-corrected chi connectivity index (χ3v) is 2.95. The summed E-state index contributed by atoms with van der Waals surface area (Å²) in [5.74, 6) is -0.388. The molecular weight excluding hydrogens is 196 g/mol. The molecule has 15 heavy (non-hydrogen) atoms. The van der Waals surface area contributed by atoms with Crippen LogP contribution in [0.25, 0.3) is 0 Å². The number of nitrogens with zero attached hydrogens (tertiary/aromatic N) is 2. The topological polar surface area (TPSA) is 105 Å². The van der Waals surface area contributed by atoms with Gasteiger partial charge in [0.25, 0.3) is 0 Å². The van der Waals surface area contributed by atoms with Crippen molar-refractivity contribution in [2.24, 2.45) is 5.92 Å². The Labute approximate surface area is 86.9 Å². The molecule has 0 amide bonds. The standard InChI is InChI=1S/C9H14N4O2/c10-9-11-7(12-13-9)5-3-1-2-4-6(5)8(14)15/h5-6H,1-4H2,(H,14,15)(H3,10,11,12,13)/t5-,6+/m1/s1. The van der Waals surface area contributed by atoms with E-state index in [1.165, 1.54) is 0 Å². The number of anilines is 1. The molecule has 1 heterocycles. The van der Waals surface area contributed by atoms with Crippen LogP contribution in [0.1, 0.15) is 37.4 Å². The molecule has 1 aromatic rings. The zero-order chi connectivity index (χ0) is 10.8. The quantitative estimate of drug-likeness (QED) is 0.667. The first kappa shape index (κ1) is 9.95. The number of aromatic amines is 1. The molecule has 6 heteroatoms. The van der Waals surface area contributed by atoms with Crippen molar-refractivity contribution in [1.29, 1.82) is 0 Å². The van der Waals surface area contributed by atoms with E-state index in [2.05, 4.69) is 15.2 Å². The van der Waals surface area contributed by atoms with Gasteiger partial charge in [-0.2, -0.15) is 4.98 Å². The van der Waals surface area contributed by atoms with Crippen LogP contribution >= 0.6 is 0 Å². The van der Waals surface area contributed by atoms with Gasteiger partial charge in [-0.1, -0.05) is 12.8 Å². The summed E-state index contributed by atoms with van der Waals surface area (Å²) in [6, 6.07) is 0. The number of carboxylic acids is 1. The molecule has 1 aliphatic rings. The van der Waals surface area contributed by atoms with Gasteiger partial charge in [0, 0.05) is 5.92 Å². The van der Waals surface area contributed by atoms with E-state index in [0.29, 0.717) is 12.2 Å². The number of nitrogen functional groups attached to an aromatic ring is 1. The van der Waals surface area contributed by atoms with Gasteiger partial charge in [0.05, 0.1) is 5.92 Å². The predicted octanol–water partition coefficient (Wildman–Crippen LogP) is 0.745. The Morgan fingerprint density at radius 2 is 2.20 bits per heavy atom. The average Bonchev–Trinajstić information content (AvgIpc) is 2.65. The number of carboxylic acid groups (broad SMARTS) is 1. The second-order valence-electron chi connectivity index (χ2n) is 3.91. The Bertz CT molecular complexity index is 363. The largest absolute Gasteiger partial charge is 0.481 e. The molecule has 0 unspecified atom stereocenters. The van der Waals surface area contributed by atoms with Crippen LogP contribution in [-0.4, -0.2) is 26.3 Å². The van der Waals surface area contributed by atoms with E-state index in [4.69, 9.17) is 10.8 Å². The van der Waals surface area contributed by atoms with Gasteiger partial charge in [0.2, 0.25) is 5.95 Å². The summed E-state index contributed by atoms with van der Waals surface area (Å²) in [5, 5.41) is 15.5. The highest BCUT2D eigenvalue weighted by Gasteiger charge is 2.33. The van der Waals surface area contributed by atoms with E-state index < -0.39 is 5.97 Å². The number of carbonyl (C=O) groups is 1. The van der Waals surface area contributed by atoms with E-state index in [-0.39, 0.29) is 17.8 Å². The van der Waals surface area contributed by atoms with Crippen molar-refractivity contribution in [3.63, 3.8) is 0 Å². The highest BCUT2D eigenvalue weighted by atomic mass is 16.4. The summed E-state index contributed by atoms with van der Waals surface area (Å²) >= 11 is 0. The number of nitrogens with one attached hydrogen (secondary N) is 1. The van der Waals surface area contributed by atoms with Crippen LogP contribution < -0.4 is 5.73 Å². The molecule has 4 N–H and O–H groups in total. The minimum Gasteiger partial charge on any atom is -0.481 e. The number of aromatic nitrogens is 3. The smallest absolute Gasteiger partial charge is 0.307 e. The van der Waals surface area contributed by atoms with Crippen molar-refractivity contribution in [3.05, 3.63) is 5.82 Å². The summed E-state index contributed by atoms with van der Waals surface area (Å²) in [7, 11) is 0. The maximum absolute atomic E-state index is 11.1. The van der Waals surface area contributed by atoms with Crippen molar-refractivity contribution in [2.45, 2.75) is 31.6 Å². The highest BCUT2D eigenvalue weighted by Crippen LogP contribution is 2.36. The highest BCUT2D eigenvalue weighted by molar-refractivity contribution is 5.71. The molecule has 0 radical (unpaired) electrons. The fraction of sp³-hybridized carbons (Fsp3) is 0.667. The molecule has 6 nitrogen and oxygen atoms in total. The number of rotatable bonds is 2. The van der Waals surface area contributed by atoms with Crippen LogP contribution in [0, 0.1) is 5.92 Å². The first-order chi connectivity index (χ1) is 7.18. The summed E-state index contributed by atoms with van der Waals surface area (Å²) < 4.78 is 0. The Hall–Kier alpha value is -1.59. The maximum atomic E-state index is 11.1. The van der Waals surface area contributed by atoms with Gasteiger partial charge in [0.15, 0.2) is 0 Å². The normalized spacial score (nSPS) is 26.4. The average molecular weight is 210 g/mol. The lowest BCUT2D eigenvalue weighted by atomic mass is 9.79. The van der Waals surface area contributed by atoms with Crippen LogP contribution in [0.5, 0.6) is 0 Å². The van der Waals surface area contributed by atoms with Gasteiger partial charge in [-0.05, 0) is 12.8 Å².